The molecule has 1 heterocycles. The van der Waals surface area contributed by atoms with Crippen LogP contribution in [0.3, 0.4) is 0 Å². The van der Waals surface area contributed by atoms with Crippen LogP contribution < -0.4 is 4.74 Å². The van der Waals surface area contributed by atoms with Crippen LogP contribution in [0.1, 0.15) is 17.5 Å². The zero-order chi connectivity index (χ0) is 17.5. The molecule has 134 valence electrons. The molecule has 0 saturated carbocycles. The minimum Gasteiger partial charge on any atom is -0.489 e. The molecule has 5 heteroatoms. The molecule has 0 aliphatic carbocycles. The van der Waals surface area contributed by atoms with E-state index in [9.17, 15) is 0 Å². The average molecular weight is 425 g/mol. The van der Waals surface area contributed by atoms with Gasteiger partial charge in [-0.2, -0.15) is 0 Å². The van der Waals surface area contributed by atoms with E-state index in [1.807, 2.05) is 30.3 Å². The molecule has 0 atom stereocenters. The quantitative estimate of drug-likeness (QED) is 0.628. The van der Waals surface area contributed by atoms with Crippen molar-refractivity contribution in [3.8, 4) is 5.75 Å². The van der Waals surface area contributed by atoms with Gasteiger partial charge in [-0.1, -0.05) is 39.7 Å². The predicted octanol–water partition coefficient (Wildman–Crippen LogP) is 4.95. The maximum atomic E-state index is 6.19. The lowest BCUT2D eigenvalue weighted by Crippen LogP contribution is -2.36. The van der Waals surface area contributed by atoms with E-state index in [0.29, 0.717) is 6.61 Å². The first-order valence-electron chi connectivity index (χ1n) is 8.66. The highest BCUT2D eigenvalue weighted by atomic mass is 79.9. The summed E-state index contributed by atoms with van der Waals surface area (Å²) in [5.74, 6) is 0.925. The summed E-state index contributed by atoms with van der Waals surface area (Å²) in [6.07, 6.45) is 2.06. The largest absolute Gasteiger partial charge is 0.489 e. The first-order valence-corrected chi connectivity index (χ1v) is 9.83. The van der Waals surface area contributed by atoms with Gasteiger partial charge in [-0.3, -0.25) is 4.90 Å². The van der Waals surface area contributed by atoms with Gasteiger partial charge in [0.1, 0.15) is 12.4 Å². The van der Waals surface area contributed by atoms with Gasteiger partial charge in [0.05, 0.1) is 13.2 Å². The summed E-state index contributed by atoms with van der Waals surface area (Å²) >= 11 is 9.65. The number of halogens is 2. The molecule has 0 unspecified atom stereocenters. The lowest BCUT2D eigenvalue weighted by molar-refractivity contribution is 0.0374. The van der Waals surface area contributed by atoms with Gasteiger partial charge in [-0.15, -0.1) is 0 Å². The average Bonchev–Trinajstić information content (AvgIpc) is 2.63. The monoisotopic (exact) mass is 423 g/mol. The molecule has 0 spiro atoms. The van der Waals surface area contributed by atoms with Gasteiger partial charge in [-0.05, 0) is 60.8 Å². The Balaban J connectivity index is 1.56. The Hall–Kier alpha value is -1.07. The van der Waals surface area contributed by atoms with Gasteiger partial charge >= 0.3 is 0 Å². The Kier molecular flexibility index (Phi) is 7.17. The second-order valence-corrected chi connectivity index (χ2v) is 7.58. The Morgan fingerprint density at radius 1 is 1.08 bits per heavy atom. The highest BCUT2D eigenvalue weighted by Crippen LogP contribution is 2.25. The van der Waals surface area contributed by atoms with Gasteiger partial charge in [0.25, 0.3) is 0 Å². The van der Waals surface area contributed by atoms with E-state index in [-0.39, 0.29) is 0 Å². The standard InChI is InChI=1S/C20H23BrClNO2/c21-18-5-3-16(4-6-18)15-25-20-8-7-19(22)14-17(20)2-1-9-23-10-12-24-13-11-23/h3-8,14H,1-2,9-13,15H2. The molecule has 2 aromatic rings. The van der Waals surface area contributed by atoms with Gasteiger partial charge in [-0.25, -0.2) is 0 Å². The highest BCUT2D eigenvalue weighted by Gasteiger charge is 2.11. The Morgan fingerprint density at radius 2 is 1.84 bits per heavy atom. The van der Waals surface area contributed by atoms with Gasteiger partial charge < -0.3 is 9.47 Å². The van der Waals surface area contributed by atoms with Crippen LogP contribution in [0.25, 0.3) is 0 Å². The molecule has 0 N–H and O–H groups in total. The summed E-state index contributed by atoms with van der Waals surface area (Å²) in [4.78, 5) is 2.45. The molecule has 25 heavy (non-hydrogen) atoms. The van der Waals surface area contributed by atoms with Gasteiger partial charge in [0.2, 0.25) is 0 Å². The van der Waals surface area contributed by atoms with Crippen LogP contribution in [-0.2, 0) is 17.8 Å². The Bertz CT molecular complexity index is 672. The predicted molar refractivity (Wildman–Crippen MR) is 106 cm³/mol. The fourth-order valence-electron chi connectivity index (χ4n) is 2.94. The van der Waals surface area contributed by atoms with Crippen LogP contribution in [0.5, 0.6) is 5.75 Å². The maximum Gasteiger partial charge on any atom is 0.123 e. The summed E-state index contributed by atoms with van der Waals surface area (Å²) in [5, 5.41) is 0.761. The number of aryl methyl sites for hydroxylation is 1. The van der Waals surface area contributed by atoms with Crippen molar-refractivity contribution in [2.75, 3.05) is 32.8 Å². The van der Waals surface area contributed by atoms with E-state index >= 15 is 0 Å². The minimum atomic E-state index is 0.561. The van der Waals surface area contributed by atoms with E-state index in [0.717, 1.165) is 66.5 Å². The second-order valence-electron chi connectivity index (χ2n) is 6.22. The smallest absolute Gasteiger partial charge is 0.123 e. The van der Waals surface area contributed by atoms with Crippen molar-refractivity contribution in [3.63, 3.8) is 0 Å². The van der Waals surface area contributed by atoms with Crippen molar-refractivity contribution in [1.29, 1.82) is 0 Å². The SMILES string of the molecule is Clc1ccc(OCc2ccc(Br)cc2)c(CCCN2CCOCC2)c1. The lowest BCUT2D eigenvalue weighted by Gasteiger charge is -2.26. The second kappa shape index (κ2) is 9.58. The third-order valence-electron chi connectivity index (χ3n) is 4.35. The zero-order valence-corrected chi connectivity index (χ0v) is 16.6. The Morgan fingerprint density at radius 3 is 2.60 bits per heavy atom. The molecule has 1 aliphatic rings. The third kappa shape index (κ3) is 6.00. The third-order valence-corrected chi connectivity index (χ3v) is 5.12. The Labute approximate surface area is 163 Å². The molecule has 0 amide bonds. The number of hydrogen-bond acceptors (Lipinski definition) is 3. The number of rotatable bonds is 7. The summed E-state index contributed by atoms with van der Waals surface area (Å²) in [7, 11) is 0. The summed E-state index contributed by atoms with van der Waals surface area (Å²) in [6, 6.07) is 14.1. The van der Waals surface area contributed by atoms with Crippen LogP contribution in [0.4, 0.5) is 0 Å². The van der Waals surface area contributed by atoms with Crippen molar-refractivity contribution in [2.24, 2.45) is 0 Å². The first kappa shape index (κ1) is 18.7. The summed E-state index contributed by atoms with van der Waals surface area (Å²) in [5.41, 5.74) is 2.33. The number of benzene rings is 2. The van der Waals surface area contributed by atoms with Crippen LogP contribution in [0.2, 0.25) is 5.02 Å². The van der Waals surface area contributed by atoms with Gasteiger partial charge in [0.15, 0.2) is 0 Å². The molecule has 1 fully saturated rings. The molecule has 0 bridgehead atoms. The molecule has 1 saturated heterocycles. The van der Waals surface area contributed by atoms with Crippen LogP contribution in [-0.4, -0.2) is 37.7 Å². The van der Waals surface area contributed by atoms with E-state index < -0.39 is 0 Å². The molecular formula is C20H23BrClNO2. The molecule has 3 nitrogen and oxygen atoms in total. The highest BCUT2D eigenvalue weighted by molar-refractivity contribution is 9.10. The summed E-state index contributed by atoms with van der Waals surface area (Å²) < 4.78 is 12.5. The van der Waals surface area contributed by atoms with Crippen molar-refractivity contribution in [2.45, 2.75) is 19.4 Å². The van der Waals surface area contributed by atoms with E-state index in [4.69, 9.17) is 21.1 Å². The topological polar surface area (TPSA) is 21.7 Å². The van der Waals surface area contributed by atoms with Crippen LogP contribution >= 0.6 is 27.5 Å². The first-order chi connectivity index (χ1) is 12.2. The fourth-order valence-corrected chi connectivity index (χ4v) is 3.40. The lowest BCUT2D eigenvalue weighted by atomic mass is 10.1. The van der Waals surface area contributed by atoms with Crippen molar-refractivity contribution in [1.82, 2.24) is 4.90 Å². The minimum absolute atomic E-state index is 0.561. The molecular weight excluding hydrogens is 402 g/mol. The molecule has 3 rings (SSSR count). The van der Waals surface area contributed by atoms with Crippen molar-refractivity contribution >= 4 is 27.5 Å². The number of morpholine rings is 1. The normalized spacial score (nSPS) is 15.3. The van der Waals surface area contributed by atoms with E-state index in [2.05, 4.69) is 33.0 Å². The molecule has 2 aromatic carbocycles. The van der Waals surface area contributed by atoms with E-state index in [1.165, 1.54) is 5.56 Å². The number of hydrogen-bond donors (Lipinski definition) is 0. The zero-order valence-electron chi connectivity index (χ0n) is 14.2. The maximum absolute atomic E-state index is 6.19. The molecule has 0 radical (unpaired) electrons. The molecule has 1 aliphatic heterocycles. The molecule has 0 aromatic heterocycles. The number of nitrogens with zero attached hydrogens (tertiary/aromatic N) is 1. The van der Waals surface area contributed by atoms with Crippen LogP contribution in [0.15, 0.2) is 46.9 Å². The van der Waals surface area contributed by atoms with Crippen molar-refractivity contribution in [3.05, 3.63) is 63.1 Å². The van der Waals surface area contributed by atoms with Crippen LogP contribution in [0, 0.1) is 0 Å². The van der Waals surface area contributed by atoms with E-state index in [1.54, 1.807) is 0 Å². The number of ether oxygens (including phenoxy) is 2. The van der Waals surface area contributed by atoms with Gasteiger partial charge in [0, 0.05) is 22.6 Å². The summed E-state index contributed by atoms with van der Waals surface area (Å²) in [6.45, 7) is 5.40. The van der Waals surface area contributed by atoms with Crippen molar-refractivity contribution < 1.29 is 9.47 Å². The fraction of sp³-hybridized carbons (Fsp3) is 0.400.